The number of hydrogen-bond acceptors (Lipinski definition) is 4. The smallest absolute Gasteiger partial charge is 0.220 e. The van der Waals surface area contributed by atoms with Crippen LogP contribution in [0.3, 0.4) is 0 Å². The summed E-state index contributed by atoms with van der Waals surface area (Å²) in [5.74, 6) is 0.873. The molecule has 0 atom stereocenters. The molecule has 0 fully saturated rings. The highest BCUT2D eigenvalue weighted by Crippen LogP contribution is 2.09. The minimum Gasteiger partial charge on any atom is -0.494 e. The van der Waals surface area contributed by atoms with Crippen molar-refractivity contribution in [3.05, 3.63) is 46.4 Å². The number of hydrogen-bond donors (Lipinski definition) is 1. The van der Waals surface area contributed by atoms with E-state index < -0.39 is 0 Å². The van der Waals surface area contributed by atoms with Crippen molar-refractivity contribution in [2.24, 2.45) is 0 Å². The lowest BCUT2D eigenvalue weighted by Gasteiger charge is -2.06. The Morgan fingerprint density at radius 3 is 2.85 bits per heavy atom. The second kappa shape index (κ2) is 7.65. The molecule has 1 N–H and O–H groups in total. The van der Waals surface area contributed by atoms with Gasteiger partial charge in [0.05, 0.1) is 23.9 Å². The average Bonchev–Trinajstić information content (AvgIpc) is 2.88. The third-order valence-electron chi connectivity index (χ3n) is 2.69. The Bertz CT molecular complexity index is 540. The molecule has 2 rings (SSSR count). The first-order chi connectivity index (χ1) is 9.74. The summed E-state index contributed by atoms with van der Waals surface area (Å²) in [6.07, 6.45) is 1.17. The maximum atomic E-state index is 11.6. The Morgan fingerprint density at radius 1 is 1.35 bits per heavy atom. The largest absolute Gasteiger partial charge is 0.494 e. The summed E-state index contributed by atoms with van der Waals surface area (Å²) in [5.41, 5.74) is 0.918. The Hall–Kier alpha value is -1.88. The van der Waals surface area contributed by atoms with Crippen LogP contribution in [-0.2, 0) is 11.3 Å². The van der Waals surface area contributed by atoms with Gasteiger partial charge in [0.1, 0.15) is 5.75 Å². The maximum Gasteiger partial charge on any atom is 0.220 e. The van der Waals surface area contributed by atoms with Crippen molar-refractivity contribution < 1.29 is 9.53 Å². The van der Waals surface area contributed by atoms with Gasteiger partial charge in [0.15, 0.2) is 0 Å². The molecule has 0 radical (unpaired) electrons. The first-order valence-corrected chi connectivity index (χ1v) is 7.47. The number of amides is 1. The molecule has 1 aromatic carbocycles. The quantitative estimate of drug-likeness (QED) is 0.798. The normalized spacial score (nSPS) is 10.2. The van der Waals surface area contributed by atoms with E-state index in [4.69, 9.17) is 4.74 Å². The second-order valence-electron chi connectivity index (χ2n) is 4.40. The molecule has 1 amide bonds. The van der Waals surface area contributed by atoms with Crippen molar-refractivity contribution in [3.8, 4) is 5.75 Å². The molecule has 0 unspecified atom stereocenters. The Morgan fingerprint density at radius 2 is 2.15 bits per heavy atom. The Balaban J connectivity index is 1.58. The highest BCUT2D eigenvalue weighted by molar-refractivity contribution is 7.09. The first kappa shape index (κ1) is 14.5. The summed E-state index contributed by atoms with van der Waals surface area (Å²) >= 11 is 1.59. The van der Waals surface area contributed by atoms with Gasteiger partial charge in [-0.15, -0.1) is 11.3 Å². The minimum absolute atomic E-state index is 0.0346. The fourth-order valence-corrected chi connectivity index (χ4v) is 2.32. The van der Waals surface area contributed by atoms with Crippen LogP contribution in [0, 0.1) is 6.92 Å². The van der Waals surface area contributed by atoms with Crippen LogP contribution in [0.4, 0.5) is 0 Å². The van der Waals surface area contributed by atoms with Crippen molar-refractivity contribution >= 4 is 17.2 Å². The van der Waals surface area contributed by atoms with E-state index in [2.05, 4.69) is 10.3 Å². The van der Waals surface area contributed by atoms with E-state index >= 15 is 0 Å². The van der Waals surface area contributed by atoms with Gasteiger partial charge >= 0.3 is 0 Å². The number of aryl methyl sites for hydroxylation is 1. The fraction of sp³-hybridized carbons (Fsp3) is 0.333. The summed E-state index contributed by atoms with van der Waals surface area (Å²) in [7, 11) is 0. The topological polar surface area (TPSA) is 51.2 Å². The van der Waals surface area contributed by atoms with Crippen LogP contribution >= 0.6 is 11.3 Å². The number of rotatable bonds is 7. The summed E-state index contributed by atoms with van der Waals surface area (Å²) in [5, 5.41) is 5.85. The third-order valence-corrected chi connectivity index (χ3v) is 3.52. The number of nitrogens with zero attached hydrogens (tertiary/aromatic N) is 1. The average molecular weight is 290 g/mol. The van der Waals surface area contributed by atoms with Crippen molar-refractivity contribution in [2.45, 2.75) is 26.3 Å². The van der Waals surface area contributed by atoms with Gasteiger partial charge < -0.3 is 10.1 Å². The summed E-state index contributed by atoms with van der Waals surface area (Å²) in [4.78, 5) is 15.9. The van der Waals surface area contributed by atoms with Crippen LogP contribution < -0.4 is 10.1 Å². The van der Waals surface area contributed by atoms with Crippen molar-refractivity contribution in [1.82, 2.24) is 10.3 Å². The number of para-hydroxylation sites is 1. The highest BCUT2D eigenvalue weighted by atomic mass is 32.1. The molecule has 0 saturated heterocycles. The van der Waals surface area contributed by atoms with Gasteiger partial charge in [-0.25, -0.2) is 4.98 Å². The number of carbonyl (C=O) groups excluding carboxylic acids is 1. The molecule has 4 nitrogen and oxygen atoms in total. The lowest BCUT2D eigenvalue weighted by Crippen LogP contribution is -2.23. The van der Waals surface area contributed by atoms with E-state index in [1.807, 2.05) is 42.6 Å². The van der Waals surface area contributed by atoms with Crippen molar-refractivity contribution in [2.75, 3.05) is 6.61 Å². The van der Waals surface area contributed by atoms with Gasteiger partial charge in [0.25, 0.3) is 0 Å². The predicted molar refractivity (Wildman–Crippen MR) is 79.9 cm³/mol. The van der Waals surface area contributed by atoms with Crippen molar-refractivity contribution in [1.29, 1.82) is 0 Å². The van der Waals surface area contributed by atoms with E-state index in [9.17, 15) is 4.79 Å². The van der Waals surface area contributed by atoms with E-state index in [1.165, 1.54) is 0 Å². The Kier molecular flexibility index (Phi) is 5.55. The molecule has 2 aromatic rings. The monoisotopic (exact) mass is 290 g/mol. The molecule has 1 aromatic heterocycles. The molecule has 0 spiro atoms. The molecule has 5 heteroatoms. The maximum absolute atomic E-state index is 11.6. The van der Waals surface area contributed by atoms with Gasteiger partial charge in [-0.05, 0) is 25.5 Å². The minimum atomic E-state index is 0.0346. The number of ether oxygens (including phenoxy) is 1. The zero-order valence-corrected chi connectivity index (χ0v) is 12.3. The van der Waals surface area contributed by atoms with E-state index in [0.29, 0.717) is 26.0 Å². The summed E-state index contributed by atoms with van der Waals surface area (Å²) in [6.45, 7) is 3.01. The Labute approximate surface area is 122 Å². The molecule has 0 aliphatic carbocycles. The van der Waals surface area contributed by atoms with Gasteiger partial charge in [-0.1, -0.05) is 18.2 Å². The van der Waals surface area contributed by atoms with E-state index in [-0.39, 0.29) is 5.91 Å². The molecule has 0 saturated carbocycles. The highest BCUT2D eigenvalue weighted by Gasteiger charge is 2.03. The number of carbonyl (C=O) groups is 1. The molecule has 0 bridgehead atoms. The number of thiazole rings is 1. The zero-order valence-electron chi connectivity index (χ0n) is 11.5. The zero-order chi connectivity index (χ0) is 14.2. The molecule has 0 aliphatic heterocycles. The summed E-state index contributed by atoms with van der Waals surface area (Å²) < 4.78 is 5.53. The van der Waals surface area contributed by atoms with Crippen LogP contribution in [0.1, 0.15) is 23.5 Å². The molecular weight excluding hydrogens is 272 g/mol. The molecule has 106 valence electrons. The molecular formula is C15H18N2O2S. The van der Waals surface area contributed by atoms with Gasteiger partial charge in [-0.2, -0.15) is 0 Å². The number of benzene rings is 1. The van der Waals surface area contributed by atoms with E-state index in [0.717, 1.165) is 16.5 Å². The standard InChI is InChI=1S/C15H18N2O2S/c1-12-17-13(11-20-12)10-16-15(18)8-5-9-19-14-6-3-2-4-7-14/h2-4,6-7,11H,5,8-10H2,1H3,(H,16,18). The van der Waals surface area contributed by atoms with Crippen LogP contribution in [0.15, 0.2) is 35.7 Å². The third kappa shape index (κ3) is 5.01. The lowest BCUT2D eigenvalue weighted by molar-refractivity contribution is -0.121. The second-order valence-corrected chi connectivity index (χ2v) is 5.46. The lowest BCUT2D eigenvalue weighted by atomic mass is 10.3. The SMILES string of the molecule is Cc1nc(CNC(=O)CCCOc2ccccc2)cs1. The number of aromatic nitrogens is 1. The van der Waals surface area contributed by atoms with Crippen LogP contribution in [0.25, 0.3) is 0 Å². The summed E-state index contributed by atoms with van der Waals surface area (Å²) in [6, 6.07) is 9.62. The number of nitrogens with one attached hydrogen (secondary N) is 1. The van der Waals surface area contributed by atoms with E-state index in [1.54, 1.807) is 11.3 Å². The van der Waals surface area contributed by atoms with Gasteiger partial charge in [0, 0.05) is 11.8 Å². The molecule has 1 heterocycles. The van der Waals surface area contributed by atoms with Gasteiger partial charge in [0.2, 0.25) is 5.91 Å². The van der Waals surface area contributed by atoms with Crippen LogP contribution in [0.2, 0.25) is 0 Å². The first-order valence-electron chi connectivity index (χ1n) is 6.59. The predicted octanol–water partition coefficient (Wildman–Crippen LogP) is 2.93. The molecule has 0 aliphatic rings. The van der Waals surface area contributed by atoms with Crippen LogP contribution in [-0.4, -0.2) is 17.5 Å². The molecule has 20 heavy (non-hydrogen) atoms. The fourth-order valence-electron chi connectivity index (χ4n) is 1.71. The van der Waals surface area contributed by atoms with Crippen LogP contribution in [0.5, 0.6) is 5.75 Å². The van der Waals surface area contributed by atoms with Gasteiger partial charge in [-0.3, -0.25) is 4.79 Å². The van der Waals surface area contributed by atoms with Crippen molar-refractivity contribution in [3.63, 3.8) is 0 Å².